The Kier molecular flexibility index (Phi) is 5.67. The van der Waals surface area contributed by atoms with Crippen LogP contribution in [0.25, 0.3) is 0 Å². The van der Waals surface area contributed by atoms with Gasteiger partial charge in [-0.2, -0.15) is 0 Å². The van der Waals surface area contributed by atoms with Crippen LogP contribution in [0.3, 0.4) is 0 Å². The van der Waals surface area contributed by atoms with E-state index in [0.717, 1.165) is 6.42 Å². The standard InChI is InChI=1S/C15H21N/c1-4-6-12-15(16-13(3)5-2)14-10-8-7-9-11-14/h2,7-11,13,15-16H,4,6,12H2,1,3H3. The number of hydrogen-bond acceptors (Lipinski definition) is 1. The molecule has 0 fully saturated rings. The van der Waals surface area contributed by atoms with Crippen LogP contribution >= 0.6 is 0 Å². The van der Waals surface area contributed by atoms with Gasteiger partial charge in [-0.15, -0.1) is 6.42 Å². The number of benzene rings is 1. The molecule has 0 amide bonds. The van der Waals surface area contributed by atoms with Crippen LogP contribution in [0.4, 0.5) is 0 Å². The average molecular weight is 215 g/mol. The van der Waals surface area contributed by atoms with E-state index in [0.29, 0.717) is 6.04 Å². The normalized spacial score (nSPS) is 14.1. The minimum absolute atomic E-state index is 0.127. The highest BCUT2D eigenvalue weighted by molar-refractivity contribution is 5.19. The van der Waals surface area contributed by atoms with Gasteiger partial charge in [-0.1, -0.05) is 56.0 Å². The van der Waals surface area contributed by atoms with E-state index in [1.54, 1.807) is 0 Å². The first-order valence-corrected chi connectivity index (χ1v) is 6.05. The summed E-state index contributed by atoms with van der Waals surface area (Å²) in [4.78, 5) is 0. The molecule has 0 aliphatic rings. The van der Waals surface area contributed by atoms with Gasteiger partial charge >= 0.3 is 0 Å². The molecule has 1 aromatic carbocycles. The molecule has 16 heavy (non-hydrogen) atoms. The minimum Gasteiger partial charge on any atom is -0.297 e. The number of rotatable bonds is 6. The summed E-state index contributed by atoms with van der Waals surface area (Å²) in [7, 11) is 0. The van der Waals surface area contributed by atoms with Crippen molar-refractivity contribution in [2.45, 2.75) is 45.2 Å². The third-order valence-corrected chi connectivity index (χ3v) is 2.75. The van der Waals surface area contributed by atoms with E-state index >= 15 is 0 Å². The highest BCUT2D eigenvalue weighted by Gasteiger charge is 2.11. The van der Waals surface area contributed by atoms with Crippen LogP contribution in [0.2, 0.25) is 0 Å². The summed E-state index contributed by atoms with van der Waals surface area (Å²) < 4.78 is 0. The van der Waals surface area contributed by atoms with E-state index in [-0.39, 0.29) is 6.04 Å². The van der Waals surface area contributed by atoms with E-state index in [1.165, 1.54) is 18.4 Å². The smallest absolute Gasteiger partial charge is 0.0663 e. The van der Waals surface area contributed by atoms with Crippen molar-refractivity contribution in [3.05, 3.63) is 35.9 Å². The molecule has 0 aromatic heterocycles. The Morgan fingerprint density at radius 1 is 1.31 bits per heavy atom. The second-order valence-corrected chi connectivity index (χ2v) is 4.16. The lowest BCUT2D eigenvalue weighted by Gasteiger charge is -2.21. The van der Waals surface area contributed by atoms with Crippen molar-refractivity contribution in [1.29, 1.82) is 0 Å². The predicted molar refractivity (Wildman–Crippen MR) is 70.1 cm³/mol. The summed E-state index contributed by atoms with van der Waals surface area (Å²) in [6, 6.07) is 11.0. The van der Waals surface area contributed by atoms with Crippen molar-refractivity contribution in [3.8, 4) is 12.3 Å². The third kappa shape index (κ3) is 4.08. The number of unbranched alkanes of at least 4 members (excludes halogenated alkanes) is 1. The van der Waals surface area contributed by atoms with Gasteiger partial charge in [0.25, 0.3) is 0 Å². The van der Waals surface area contributed by atoms with Gasteiger partial charge in [-0.05, 0) is 18.9 Å². The molecule has 0 heterocycles. The molecule has 0 saturated carbocycles. The molecular weight excluding hydrogens is 194 g/mol. The Labute approximate surface area is 99.3 Å². The molecule has 0 aliphatic carbocycles. The van der Waals surface area contributed by atoms with Crippen LogP contribution < -0.4 is 5.32 Å². The quantitative estimate of drug-likeness (QED) is 0.716. The van der Waals surface area contributed by atoms with Gasteiger partial charge in [-0.25, -0.2) is 0 Å². The summed E-state index contributed by atoms with van der Waals surface area (Å²) >= 11 is 0. The van der Waals surface area contributed by atoms with E-state index < -0.39 is 0 Å². The number of terminal acetylenes is 1. The van der Waals surface area contributed by atoms with E-state index in [9.17, 15) is 0 Å². The van der Waals surface area contributed by atoms with E-state index in [4.69, 9.17) is 6.42 Å². The average Bonchev–Trinajstić information content (AvgIpc) is 2.35. The topological polar surface area (TPSA) is 12.0 Å². The van der Waals surface area contributed by atoms with Crippen molar-refractivity contribution in [3.63, 3.8) is 0 Å². The van der Waals surface area contributed by atoms with Crippen LogP contribution in [0.5, 0.6) is 0 Å². The summed E-state index contributed by atoms with van der Waals surface area (Å²) in [6.45, 7) is 4.24. The predicted octanol–water partition coefficient (Wildman–Crippen LogP) is 3.53. The summed E-state index contributed by atoms with van der Waals surface area (Å²) in [5.41, 5.74) is 1.33. The van der Waals surface area contributed by atoms with Crippen molar-refractivity contribution < 1.29 is 0 Å². The largest absolute Gasteiger partial charge is 0.297 e. The maximum Gasteiger partial charge on any atom is 0.0663 e. The van der Waals surface area contributed by atoms with Crippen LogP contribution in [-0.4, -0.2) is 6.04 Å². The zero-order chi connectivity index (χ0) is 11.8. The highest BCUT2D eigenvalue weighted by Crippen LogP contribution is 2.19. The molecule has 2 unspecified atom stereocenters. The lowest BCUT2D eigenvalue weighted by atomic mass is 10.0. The Hall–Kier alpha value is -1.26. The van der Waals surface area contributed by atoms with E-state index in [1.807, 2.05) is 13.0 Å². The van der Waals surface area contributed by atoms with Gasteiger partial charge in [0.05, 0.1) is 6.04 Å². The molecule has 1 heteroatoms. The van der Waals surface area contributed by atoms with Crippen molar-refractivity contribution in [2.75, 3.05) is 0 Å². The zero-order valence-electron chi connectivity index (χ0n) is 10.2. The van der Waals surface area contributed by atoms with Crippen LogP contribution in [-0.2, 0) is 0 Å². The maximum absolute atomic E-state index is 5.41. The molecule has 86 valence electrons. The first kappa shape index (κ1) is 12.8. The van der Waals surface area contributed by atoms with Crippen LogP contribution in [0.1, 0.15) is 44.7 Å². The summed E-state index contributed by atoms with van der Waals surface area (Å²) in [5.74, 6) is 2.73. The fraction of sp³-hybridized carbons (Fsp3) is 0.467. The molecular formula is C15H21N. The second-order valence-electron chi connectivity index (χ2n) is 4.16. The maximum atomic E-state index is 5.41. The SMILES string of the molecule is C#CC(C)NC(CCCC)c1ccccc1. The number of hydrogen-bond donors (Lipinski definition) is 1. The fourth-order valence-electron chi connectivity index (χ4n) is 1.79. The molecule has 1 nitrogen and oxygen atoms in total. The van der Waals surface area contributed by atoms with Gasteiger partial charge in [0.2, 0.25) is 0 Å². The van der Waals surface area contributed by atoms with Gasteiger partial charge < -0.3 is 0 Å². The van der Waals surface area contributed by atoms with Gasteiger partial charge in [0, 0.05) is 6.04 Å². The second kappa shape index (κ2) is 7.09. The fourth-order valence-corrected chi connectivity index (χ4v) is 1.79. The molecule has 1 rings (SSSR count). The first-order valence-electron chi connectivity index (χ1n) is 6.05. The van der Waals surface area contributed by atoms with Gasteiger partial charge in [-0.3, -0.25) is 5.32 Å². The Bertz CT molecular complexity index is 323. The van der Waals surface area contributed by atoms with Crippen LogP contribution in [0, 0.1) is 12.3 Å². The summed E-state index contributed by atoms with van der Waals surface area (Å²) in [6.07, 6.45) is 9.00. The summed E-state index contributed by atoms with van der Waals surface area (Å²) in [5, 5.41) is 3.48. The molecule has 0 bridgehead atoms. The minimum atomic E-state index is 0.127. The van der Waals surface area contributed by atoms with Crippen LogP contribution in [0.15, 0.2) is 30.3 Å². The number of nitrogens with one attached hydrogen (secondary N) is 1. The van der Waals surface area contributed by atoms with Crippen molar-refractivity contribution in [2.24, 2.45) is 0 Å². The zero-order valence-corrected chi connectivity index (χ0v) is 10.2. The van der Waals surface area contributed by atoms with E-state index in [2.05, 4.69) is 42.4 Å². The molecule has 0 spiro atoms. The van der Waals surface area contributed by atoms with Crippen molar-refractivity contribution in [1.82, 2.24) is 5.32 Å². The highest BCUT2D eigenvalue weighted by atomic mass is 14.9. The lowest BCUT2D eigenvalue weighted by molar-refractivity contribution is 0.464. The molecule has 1 aromatic rings. The van der Waals surface area contributed by atoms with Gasteiger partial charge in [0.1, 0.15) is 0 Å². The Morgan fingerprint density at radius 2 is 2.00 bits per heavy atom. The Morgan fingerprint density at radius 3 is 2.56 bits per heavy atom. The molecule has 0 radical (unpaired) electrons. The lowest BCUT2D eigenvalue weighted by Crippen LogP contribution is -2.29. The first-order chi connectivity index (χ1) is 7.77. The van der Waals surface area contributed by atoms with Gasteiger partial charge in [0.15, 0.2) is 0 Å². The molecule has 1 N–H and O–H groups in total. The molecule has 0 saturated heterocycles. The third-order valence-electron chi connectivity index (χ3n) is 2.75. The monoisotopic (exact) mass is 215 g/mol. The Balaban J connectivity index is 2.68. The molecule has 2 atom stereocenters. The molecule has 0 aliphatic heterocycles. The van der Waals surface area contributed by atoms with Crippen molar-refractivity contribution >= 4 is 0 Å².